The van der Waals surface area contributed by atoms with E-state index in [1.165, 1.54) is 6.08 Å². The maximum absolute atomic E-state index is 12.5. The van der Waals surface area contributed by atoms with E-state index < -0.39 is 15.1 Å². The van der Waals surface area contributed by atoms with E-state index in [9.17, 15) is 8.42 Å². The highest BCUT2D eigenvalue weighted by Gasteiger charge is 2.28. The third-order valence-corrected chi connectivity index (χ3v) is 5.02. The van der Waals surface area contributed by atoms with Crippen LogP contribution < -0.4 is 0 Å². The van der Waals surface area contributed by atoms with Gasteiger partial charge in [-0.25, -0.2) is 8.42 Å². The van der Waals surface area contributed by atoms with Crippen molar-refractivity contribution in [3.05, 3.63) is 77.6 Å². The SMILES string of the molecule is C=CCS(=O)(=O)C(c1ccc(Cl)cc1)c1ccccn1. The maximum Gasteiger partial charge on any atom is 0.166 e. The summed E-state index contributed by atoms with van der Waals surface area (Å²) in [7, 11) is -3.42. The predicted octanol–water partition coefficient (Wildman–Crippen LogP) is 3.43. The highest BCUT2D eigenvalue weighted by Crippen LogP contribution is 2.30. The second-order valence-electron chi connectivity index (χ2n) is 4.30. The molecule has 20 heavy (non-hydrogen) atoms. The number of hydrogen-bond acceptors (Lipinski definition) is 3. The van der Waals surface area contributed by atoms with E-state index in [0.29, 0.717) is 16.3 Å². The summed E-state index contributed by atoms with van der Waals surface area (Å²) in [4.78, 5) is 4.18. The molecule has 0 fully saturated rings. The van der Waals surface area contributed by atoms with Crippen molar-refractivity contribution in [2.24, 2.45) is 0 Å². The molecule has 0 amide bonds. The first-order chi connectivity index (χ1) is 9.54. The van der Waals surface area contributed by atoms with E-state index in [4.69, 9.17) is 11.6 Å². The number of nitrogens with zero attached hydrogens (tertiary/aromatic N) is 1. The quantitative estimate of drug-likeness (QED) is 0.795. The lowest BCUT2D eigenvalue weighted by Crippen LogP contribution is -2.18. The summed E-state index contributed by atoms with van der Waals surface area (Å²) >= 11 is 5.86. The first-order valence-electron chi connectivity index (χ1n) is 6.03. The van der Waals surface area contributed by atoms with Gasteiger partial charge in [0, 0.05) is 11.2 Å². The molecule has 0 radical (unpaired) electrons. The van der Waals surface area contributed by atoms with Gasteiger partial charge in [-0.3, -0.25) is 4.98 Å². The number of benzene rings is 1. The van der Waals surface area contributed by atoms with Crippen LogP contribution in [0.3, 0.4) is 0 Å². The van der Waals surface area contributed by atoms with Crippen molar-refractivity contribution in [2.75, 3.05) is 5.75 Å². The Morgan fingerprint density at radius 1 is 1.20 bits per heavy atom. The van der Waals surface area contributed by atoms with Gasteiger partial charge in [-0.05, 0) is 29.8 Å². The zero-order valence-corrected chi connectivity index (χ0v) is 12.3. The molecule has 1 aromatic carbocycles. The summed E-state index contributed by atoms with van der Waals surface area (Å²) in [5.41, 5.74) is 1.15. The fraction of sp³-hybridized carbons (Fsp3) is 0.133. The predicted molar refractivity (Wildman–Crippen MR) is 81.5 cm³/mol. The van der Waals surface area contributed by atoms with Gasteiger partial charge < -0.3 is 0 Å². The van der Waals surface area contributed by atoms with Crippen LogP contribution >= 0.6 is 11.6 Å². The fourth-order valence-electron chi connectivity index (χ4n) is 1.99. The summed E-state index contributed by atoms with van der Waals surface area (Å²) in [6.07, 6.45) is 2.98. The minimum absolute atomic E-state index is 0.100. The number of rotatable bonds is 5. The Hall–Kier alpha value is -1.65. The first-order valence-corrected chi connectivity index (χ1v) is 8.13. The molecule has 0 spiro atoms. The maximum atomic E-state index is 12.5. The topological polar surface area (TPSA) is 47.0 Å². The van der Waals surface area contributed by atoms with Crippen LogP contribution in [0.5, 0.6) is 0 Å². The van der Waals surface area contributed by atoms with Gasteiger partial charge in [0.25, 0.3) is 0 Å². The highest BCUT2D eigenvalue weighted by molar-refractivity contribution is 7.92. The Bertz CT molecular complexity index is 682. The first kappa shape index (κ1) is 14.8. The minimum Gasteiger partial charge on any atom is -0.260 e. The Kier molecular flexibility index (Phi) is 4.57. The van der Waals surface area contributed by atoms with Crippen LogP contribution in [0.15, 0.2) is 61.3 Å². The van der Waals surface area contributed by atoms with Crippen molar-refractivity contribution in [1.82, 2.24) is 4.98 Å². The Labute approximate surface area is 123 Å². The molecule has 0 saturated heterocycles. The van der Waals surface area contributed by atoms with Crippen LogP contribution in [-0.4, -0.2) is 19.2 Å². The molecule has 0 bridgehead atoms. The second-order valence-corrected chi connectivity index (χ2v) is 6.87. The summed E-state index contributed by atoms with van der Waals surface area (Å²) in [6, 6.07) is 12.0. The van der Waals surface area contributed by atoms with E-state index in [1.807, 2.05) is 0 Å². The number of hydrogen-bond donors (Lipinski definition) is 0. The third kappa shape index (κ3) is 3.26. The van der Waals surface area contributed by atoms with Gasteiger partial charge in [0.1, 0.15) is 5.25 Å². The van der Waals surface area contributed by atoms with Crippen LogP contribution in [0.4, 0.5) is 0 Å². The molecular weight excluding hydrogens is 294 g/mol. The lowest BCUT2D eigenvalue weighted by atomic mass is 10.1. The van der Waals surface area contributed by atoms with E-state index in [0.717, 1.165) is 0 Å². The normalized spacial score (nSPS) is 12.8. The fourth-order valence-corrected chi connectivity index (χ4v) is 3.72. The van der Waals surface area contributed by atoms with Crippen molar-refractivity contribution >= 4 is 21.4 Å². The lowest BCUT2D eigenvalue weighted by molar-refractivity contribution is 0.591. The molecule has 104 valence electrons. The second kappa shape index (κ2) is 6.20. The Morgan fingerprint density at radius 2 is 1.90 bits per heavy atom. The van der Waals surface area contributed by atoms with Crippen LogP contribution in [0.1, 0.15) is 16.5 Å². The Morgan fingerprint density at radius 3 is 2.45 bits per heavy atom. The van der Waals surface area contributed by atoms with Crippen LogP contribution in [0, 0.1) is 0 Å². The summed E-state index contributed by atoms with van der Waals surface area (Å²) < 4.78 is 24.9. The molecule has 0 aliphatic rings. The lowest BCUT2D eigenvalue weighted by Gasteiger charge is -2.17. The number of pyridine rings is 1. The van der Waals surface area contributed by atoms with Crippen molar-refractivity contribution < 1.29 is 8.42 Å². The standard InChI is InChI=1S/C15H14ClNO2S/c1-2-11-20(18,19)15(14-5-3-4-10-17-14)12-6-8-13(16)9-7-12/h2-10,15H,1,11H2. The van der Waals surface area contributed by atoms with Crippen LogP contribution in [0.2, 0.25) is 5.02 Å². The molecule has 0 saturated carbocycles. The third-order valence-electron chi connectivity index (χ3n) is 2.84. The summed E-state index contributed by atoms with van der Waals surface area (Å²) in [6.45, 7) is 3.51. The average molecular weight is 308 g/mol. The van der Waals surface area contributed by atoms with Gasteiger partial charge in [-0.15, -0.1) is 6.58 Å². The molecule has 1 heterocycles. The van der Waals surface area contributed by atoms with Crippen molar-refractivity contribution in [2.45, 2.75) is 5.25 Å². The van der Waals surface area contributed by atoms with E-state index in [2.05, 4.69) is 11.6 Å². The summed E-state index contributed by atoms with van der Waals surface area (Å²) in [5.74, 6) is -0.100. The molecule has 2 aromatic rings. The molecule has 1 unspecified atom stereocenters. The van der Waals surface area contributed by atoms with E-state index in [-0.39, 0.29) is 5.75 Å². The monoisotopic (exact) mass is 307 g/mol. The largest absolute Gasteiger partial charge is 0.260 e. The number of halogens is 1. The van der Waals surface area contributed by atoms with Crippen molar-refractivity contribution in [3.63, 3.8) is 0 Å². The molecule has 2 rings (SSSR count). The van der Waals surface area contributed by atoms with Crippen molar-refractivity contribution in [1.29, 1.82) is 0 Å². The van der Waals surface area contributed by atoms with E-state index in [1.54, 1.807) is 48.7 Å². The molecule has 3 nitrogen and oxygen atoms in total. The van der Waals surface area contributed by atoms with Crippen molar-refractivity contribution in [3.8, 4) is 0 Å². The van der Waals surface area contributed by atoms with Gasteiger partial charge in [0.2, 0.25) is 0 Å². The Balaban J connectivity index is 2.56. The van der Waals surface area contributed by atoms with Gasteiger partial charge in [0.15, 0.2) is 9.84 Å². The zero-order valence-electron chi connectivity index (χ0n) is 10.7. The van der Waals surface area contributed by atoms with E-state index >= 15 is 0 Å². The molecular formula is C15H14ClNO2S. The zero-order chi connectivity index (χ0) is 14.6. The number of aromatic nitrogens is 1. The van der Waals surface area contributed by atoms with Gasteiger partial charge in [0.05, 0.1) is 11.4 Å². The molecule has 0 aliphatic carbocycles. The number of sulfone groups is 1. The minimum atomic E-state index is -3.42. The van der Waals surface area contributed by atoms with Crippen LogP contribution in [0.25, 0.3) is 0 Å². The molecule has 0 N–H and O–H groups in total. The van der Waals surface area contributed by atoms with Crippen LogP contribution in [-0.2, 0) is 9.84 Å². The van der Waals surface area contributed by atoms with Gasteiger partial charge in [-0.2, -0.15) is 0 Å². The molecule has 5 heteroatoms. The molecule has 1 atom stereocenters. The van der Waals surface area contributed by atoms with Gasteiger partial charge >= 0.3 is 0 Å². The average Bonchev–Trinajstić information content (AvgIpc) is 2.42. The highest BCUT2D eigenvalue weighted by atomic mass is 35.5. The molecule has 0 aliphatic heterocycles. The smallest absolute Gasteiger partial charge is 0.166 e. The summed E-state index contributed by atoms with van der Waals surface area (Å²) in [5, 5.41) is -0.242. The van der Waals surface area contributed by atoms with Gasteiger partial charge in [-0.1, -0.05) is 35.9 Å². The molecule has 1 aromatic heterocycles.